The van der Waals surface area contributed by atoms with Gasteiger partial charge in [0.25, 0.3) is 0 Å². The van der Waals surface area contributed by atoms with Crippen molar-refractivity contribution in [2.24, 2.45) is 11.8 Å². The zero-order chi connectivity index (χ0) is 43.6. The zero-order valence-corrected chi connectivity index (χ0v) is 36.5. The van der Waals surface area contributed by atoms with Crippen molar-refractivity contribution in [3.05, 3.63) is 59.7 Å². The Morgan fingerprint density at radius 1 is 0.707 bits per heavy atom. The van der Waals surface area contributed by atoms with Gasteiger partial charge in [0.15, 0.2) is 11.6 Å². The van der Waals surface area contributed by atoms with Crippen LogP contribution in [0.4, 0.5) is 4.79 Å². The topological polar surface area (TPSA) is 177 Å². The molecule has 12 heteroatoms. The summed E-state index contributed by atoms with van der Waals surface area (Å²) in [7, 11) is 0. The standard InChI is InChI=1S/C46H69N3O9/c1-11-13-15-17-36(29-38(50)35-24-22-34(23-25-35)33-20-18-32(19-21-33)16-14-12-2)42(53)49-40(31(4)57-45(5,6)7)39(51)28-30(3)41(52)48-37(43(54)55)26-27-47-44(56)58-46(8,9)10/h18-25,30-31,36-37,40H,11-17,26-29H2,1-10H3,(H,47,56)(H,48,52)(H,49,53)(H,54,55)/t30-,31-,36-,37+,40+/m1/s1. The number of unbranched alkanes of at least 4 members (excludes halogenated alkanes) is 3. The number of Topliss-reactive ketones (excluding diaryl/α,β-unsaturated/α-hetero) is 2. The molecule has 3 amide bonds. The fourth-order valence-corrected chi connectivity index (χ4v) is 6.48. The summed E-state index contributed by atoms with van der Waals surface area (Å²) in [5.74, 6) is -4.75. The van der Waals surface area contributed by atoms with Crippen molar-refractivity contribution in [3.8, 4) is 11.1 Å². The number of alkyl carbamates (subject to hydrolysis) is 1. The third kappa shape index (κ3) is 18.3. The summed E-state index contributed by atoms with van der Waals surface area (Å²) in [5, 5.41) is 17.6. The lowest BCUT2D eigenvalue weighted by Crippen LogP contribution is -2.53. The Morgan fingerprint density at radius 2 is 1.29 bits per heavy atom. The third-order valence-corrected chi connectivity index (χ3v) is 9.60. The Morgan fingerprint density at radius 3 is 1.83 bits per heavy atom. The second-order valence-electron chi connectivity index (χ2n) is 17.3. The van der Waals surface area contributed by atoms with Crippen LogP contribution in [-0.2, 0) is 35.1 Å². The molecule has 0 aliphatic carbocycles. The molecule has 0 aliphatic heterocycles. The van der Waals surface area contributed by atoms with Gasteiger partial charge in [0.2, 0.25) is 11.8 Å². The van der Waals surface area contributed by atoms with E-state index in [-0.39, 0.29) is 31.6 Å². The van der Waals surface area contributed by atoms with E-state index in [9.17, 15) is 33.9 Å². The van der Waals surface area contributed by atoms with Gasteiger partial charge < -0.3 is 30.5 Å². The van der Waals surface area contributed by atoms with Crippen LogP contribution in [0.25, 0.3) is 11.1 Å². The molecule has 0 bridgehead atoms. The van der Waals surface area contributed by atoms with E-state index in [2.05, 4.69) is 54.1 Å². The first-order valence-corrected chi connectivity index (χ1v) is 20.9. The first-order valence-electron chi connectivity index (χ1n) is 20.9. The molecular formula is C46H69N3O9. The van der Waals surface area contributed by atoms with Crippen LogP contribution in [0.1, 0.15) is 143 Å². The van der Waals surface area contributed by atoms with E-state index in [0.29, 0.717) is 12.0 Å². The Bertz CT molecular complexity index is 1640. The molecule has 2 rings (SSSR count). The normalized spacial score (nSPS) is 14.3. The van der Waals surface area contributed by atoms with Crippen LogP contribution in [0.15, 0.2) is 48.5 Å². The first kappa shape index (κ1) is 49.6. The largest absolute Gasteiger partial charge is 0.480 e. The Hall–Kier alpha value is -4.58. The molecule has 2 aromatic rings. The molecule has 0 saturated carbocycles. The number of carbonyl (C=O) groups excluding carboxylic acids is 5. The number of ketones is 2. The van der Waals surface area contributed by atoms with Gasteiger partial charge >= 0.3 is 12.1 Å². The van der Waals surface area contributed by atoms with Gasteiger partial charge in [-0.25, -0.2) is 9.59 Å². The van der Waals surface area contributed by atoms with Gasteiger partial charge in [0, 0.05) is 36.8 Å². The molecule has 12 nitrogen and oxygen atoms in total. The van der Waals surface area contributed by atoms with Crippen LogP contribution in [0.5, 0.6) is 0 Å². The molecule has 0 spiro atoms. The van der Waals surface area contributed by atoms with Crippen molar-refractivity contribution in [3.63, 3.8) is 0 Å². The smallest absolute Gasteiger partial charge is 0.407 e. The van der Waals surface area contributed by atoms with E-state index in [1.165, 1.54) is 12.5 Å². The van der Waals surface area contributed by atoms with Crippen LogP contribution in [0.2, 0.25) is 0 Å². The minimum atomic E-state index is -1.34. The van der Waals surface area contributed by atoms with Crippen LogP contribution in [-0.4, -0.2) is 76.5 Å². The van der Waals surface area contributed by atoms with Crippen molar-refractivity contribution in [2.75, 3.05) is 6.54 Å². The summed E-state index contributed by atoms with van der Waals surface area (Å²) >= 11 is 0. The summed E-state index contributed by atoms with van der Waals surface area (Å²) < 4.78 is 11.3. The van der Waals surface area contributed by atoms with Crippen LogP contribution >= 0.6 is 0 Å². The average Bonchev–Trinajstić information content (AvgIpc) is 3.13. The van der Waals surface area contributed by atoms with Crippen LogP contribution < -0.4 is 16.0 Å². The molecule has 0 aliphatic rings. The van der Waals surface area contributed by atoms with E-state index in [1.807, 2.05) is 32.9 Å². The highest BCUT2D eigenvalue weighted by Crippen LogP contribution is 2.24. The third-order valence-electron chi connectivity index (χ3n) is 9.60. The van der Waals surface area contributed by atoms with Gasteiger partial charge in [-0.2, -0.15) is 0 Å². The lowest BCUT2D eigenvalue weighted by molar-refractivity contribution is -0.143. The number of benzene rings is 2. The number of carboxylic acid groups (broad SMARTS) is 1. The molecule has 322 valence electrons. The van der Waals surface area contributed by atoms with Crippen molar-refractivity contribution in [1.29, 1.82) is 0 Å². The van der Waals surface area contributed by atoms with Gasteiger partial charge in [0.1, 0.15) is 17.7 Å². The average molecular weight is 808 g/mol. The first-order chi connectivity index (χ1) is 27.1. The van der Waals surface area contributed by atoms with E-state index < -0.39 is 70.9 Å². The van der Waals surface area contributed by atoms with Crippen molar-refractivity contribution >= 4 is 35.4 Å². The number of carboxylic acids is 1. The molecule has 0 unspecified atom stereocenters. The van der Waals surface area contributed by atoms with E-state index in [1.54, 1.807) is 39.8 Å². The maximum atomic E-state index is 14.0. The second kappa shape index (κ2) is 23.7. The van der Waals surface area contributed by atoms with Gasteiger partial charge in [0.05, 0.1) is 11.7 Å². The molecule has 0 fully saturated rings. The van der Waals surface area contributed by atoms with Crippen LogP contribution in [0, 0.1) is 11.8 Å². The quantitative estimate of drug-likeness (QED) is 0.0601. The number of aryl methyl sites for hydroxylation is 1. The van der Waals surface area contributed by atoms with Crippen LogP contribution in [0.3, 0.4) is 0 Å². The summed E-state index contributed by atoms with van der Waals surface area (Å²) in [6.07, 6.45) is 4.29. The summed E-state index contributed by atoms with van der Waals surface area (Å²) in [6, 6.07) is 13.4. The number of hydrogen-bond donors (Lipinski definition) is 4. The van der Waals surface area contributed by atoms with Gasteiger partial charge in [-0.1, -0.05) is 95.0 Å². The minimum absolute atomic E-state index is 0.0470. The molecule has 0 radical (unpaired) electrons. The number of aliphatic carboxylic acids is 1. The number of hydrogen-bond acceptors (Lipinski definition) is 8. The zero-order valence-electron chi connectivity index (χ0n) is 36.5. The highest BCUT2D eigenvalue weighted by atomic mass is 16.6. The summed E-state index contributed by atoms with van der Waals surface area (Å²) in [4.78, 5) is 78.7. The SMILES string of the molecule is CCCCC[C@H](CC(=O)c1ccc(-c2ccc(CCCC)cc2)cc1)C(=O)N[C@H](C(=O)C[C@@H](C)C(=O)N[C@@H](CCNC(=O)OC(C)(C)C)C(=O)O)[C@@H](C)OC(C)(C)C. The predicted octanol–water partition coefficient (Wildman–Crippen LogP) is 8.23. The van der Waals surface area contributed by atoms with Gasteiger partial charge in [-0.05, 0) is 90.8 Å². The number of rotatable bonds is 24. The highest BCUT2D eigenvalue weighted by molar-refractivity contribution is 6.00. The molecule has 2 aromatic carbocycles. The maximum Gasteiger partial charge on any atom is 0.407 e. The second-order valence-corrected chi connectivity index (χ2v) is 17.3. The molecule has 0 aromatic heterocycles. The molecule has 58 heavy (non-hydrogen) atoms. The molecule has 0 heterocycles. The summed E-state index contributed by atoms with van der Waals surface area (Å²) in [6.45, 7) is 17.9. The maximum absolute atomic E-state index is 14.0. The van der Waals surface area contributed by atoms with E-state index in [4.69, 9.17) is 9.47 Å². The fraction of sp³-hybridized carbons (Fsp3) is 0.609. The van der Waals surface area contributed by atoms with Crippen molar-refractivity contribution in [1.82, 2.24) is 16.0 Å². The van der Waals surface area contributed by atoms with Crippen molar-refractivity contribution in [2.45, 2.75) is 163 Å². The number of ether oxygens (including phenoxy) is 2. The predicted molar refractivity (Wildman–Crippen MR) is 227 cm³/mol. The lowest BCUT2D eigenvalue weighted by atomic mass is 9.90. The minimum Gasteiger partial charge on any atom is -0.480 e. The Labute approximate surface area is 346 Å². The van der Waals surface area contributed by atoms with Gasteiger partial charge in [-0.15, -0.1) is 0 Å². The highest BCUT2D eigenvalue weighted by Gasteiger charge is 2.35. The Balaban J connectivity index is 2.19. The van der Waals surface area contributed by atoms with Gasteiger partial charge in [-0.3, -0.25) is 19.2 Å². The molecule has 0 saturated heterocycles. The number of amides is 3. The van der Waals surface area contributed by atoms with E-state index in [0.717, 1.165) is 49.7 Å². The van der Waals surface area contributed by atoms with Crippen molar-refractivity contribution < 1.29 is 43.3 Å². The monoisotopic (exact) mass is 808 g/mol. The summed E-state index contributed by atoms with van der Waals surface area (Å²) in [5.41, 5.74) is 2.42. The Kier molecular flexibility index (Phi) is 20.3. The lowest BCUT2D eigenvalue weighted by Gasteiger charge is -2.32. The molecule has 4 N–H and O–H groups in total. The number of nitrogens with one attached hydrogen (secondary N) is 3. The number of carbonyl (C=O) groups is 6. The van der Waals surface area contributed by atoms with E-state index >= 15 is 0 Å². The fourth-order valence-electron chi connectivity index (χ4n) is 6.48. The molecular weight excluding hydrogens is 739 g/mol. The molecule has 5 atom stereocenters.